The number of aromatic nitrogens is 2. The van der Waals surface area contributed by atoms with Crippen molar-refractivity contribution >= 4 is 48.1 Å². The molecule has 182 valence electrons. The SMILES string of the molecule is CC(C)(C)c1cc(C(=O)Nc2nnc(CCS(=O)(=O)c3ccc(Br)cc3)s2)cc(C(C)(C)C)c1. The molecule has 34 heavy (non-hydrogen) atoms. The lowest BCUT2D eigenvalue weighted by Gasteiger charge is -2.26. The van der Waals surface area contributed by atoms with E-state index in [4.69, 9.17) is 0 Å². The third-order valence-corrected chi connectivity index (χ3v) is 8.53. The Hall–Kier alpha value is -2.10. The van der Waals surface area contributed by atoms with E-state index in [1.54, 1.807) is 24.3 Å². The van der Waals surface area contributed by atoms with Gasteiger partial charge in [0, 0.05) is 16.5 Å². The molecule has 0 radical (unpaired) electrons. The molecule has 0 aliphatic heterocycles. The normalized spacial score (nSPS) is 12.6. The average molecular weight is 565 g/mol. The van der Waals surface area contributed by atoms with E-state index >= 15 is 0 Å². The smallest absolute Gasteiger partial charge is 0.257 e. The Bertz CT molecular complexity index is 1250. The number of carbonyl (C=O) groups excluding carboxylic acids is 1. The highest BCUT2D eigenvalue weighted by molar-refractivity contribution is 9.10. The number of amides is 1. The van der Waals surface area contributed by atoms with E-state index < -0.39 is 9.84 Å². The molecule has 0 fully saturated rings. The summed E-state index contributed by atoms with van der Waals surface area (Å²) in [5, 5.41) is 11.8. The van der Waals surface area contributed by atoms with Gasteiger partial charge in [0.1, 0.15) is 5.01 Å². The zero-order chi connectivity index (χ0) is 25.3. The van der Waals surface area contributed by atoms with Crippen molar-refractivity contribution in [2.45, 2.75) is 63.7 Å². The van der Waals surface area contributed by atoms with Crippen LogP contribution in [0.3, 0.4) is 0 Å². The molecule has 1 aromatic heterocycles. The fourth-order valence-electron chi connectivity index (χ4n) is 3.18. The van der Waals surface area contributed by atoms with Gasteiger partial charge in [0.2, 0.25) is 5.13 Å². The summed E-state index contributed by atoms with van der Waals surface area (Å²) in [7, 11) is -3.44. The van der Waals surface area contributed by atoms with E-state index in [9.17, 15) is 13.2 Å². The molecule has 0 unspecified atom stereocenters. The number of nitrogens with zero attached hydrogens (tertiary/aromatic N) is 2. The number of sulfone groups is 1. The Kier molecular flexibility index (Phi) is 7.70. The average Bonchev–Trinajstić information content (AvgIpc) is 3.18. The first-order chi connectivity index (χ1) is 15.6. The van der Waals surface area contributed by atoms with Gasteiger partial charge >= 0.3 is 0 Å². The van der Waals surface area contributed by atoms with Gasteiger partial charge in [-0.2, -0.15) is 0 Å². The summed E-state index contributed by atoms with van der Waals surface area (Å²) in [6.07, 6.45) is 0.222. The van der Waals surface area contributed by atoms with Crippen molar-refractivity contribution < 1.29 is 13.2 Å². The Morgan fingerprint density at radius 3 is 2.03 bits per heavy atom. The first-order valence-electron chi connectivity index (χ1n) is 10.9. The second-order valence-corrected chi connectivity index (χ2v) is 14.4. The summed E-state index contributed by atoms with van der Waals surface area (Å²) in [5.74, 6) is -0.346. The second kappa shape index (κ2) is 9.87. The Balaban J connectivity index is 1.74. The van der Waals surface area contributed by atoms with E-state index in [0.29, 0.717) is 15.7 Å². The minimum absolute atomic E-state index is 0.0835. The third kappa shape index (κ3) is 6.73. The quantitative estimate of drug-likeness (QED) is 0.387. The van der Waals surface area contributed by atoms with Crippen LogP contribution < -0.4 is 5.32 Å². The van der Waals surface area contributed by atoms with Gasteiger partial charge in [-0.25, -0.2) is 8.42 Å². The van der Waals surface area contributed by atoms with E-state index in [0.717, 1.165) is 15.6 Å². The molecule has 3 rings (SSSR count). The highest BCUT2D eigenvalue weighted by Gasteiger charge is 2.23. The van der Waals surface area contributed by atoms with Crippen LogP contribution >= 0.6 is 27.3 Å². The number of nitrogens with one attached hydrogen (secondary N) is 1. The molecule has 1 N–H and O–H groups in total. The third-order valence-electron chi connectivity index (χ3n) is 5.37. The summed E-state index contributed by atoms with van der Waals surface area (Å²) in [5.41, 5.74) is 2.52. The van der Waals surface area contributed by atoms with Crippen molar-refractivity contribution in [1.82, 2.24) is 10.2 Å². The Morgan fingerprint density at radius 2 is 1.50 bits per heavy atom. The zero-order valence-electron chi connectivity index (χ0n) is 20.3. The molecule has 2 aromatic carbocycles. The van der Waals surface area contributed by atoms with Crippen LogP contribution in [0.2, 0.25) is 0 Å². The van der Waals surface area contributed by atoms with Gasteiger partial charge in [0.05, 0.1) is 10.6 Å². The van der Waals surface area contributed by atoms with Crippen molar-refractivity contribution in [3.63, 3.8) is 0 Å². The van der Waals surface area contributed by atoms with Crippen molar-refractivity contribution in [2.75, 3.05) is 11.1 Å². The van der Waals surface area contributed by atoms with Crippen LogP contribution in [0.25, 0.3) is 0 Å². The number of anilines is 1. The second-order valence-electron chi connectivity index (χ2n) is 10.3. The van der Waals surface area contributed by atoms with Gasteiger partial charge in [-0.15, -0.1) is 10.2 Å². The molecular weight excluding hydrogens is 534 g/mol. The first-order valence-corrected chi connectivity index (χ1v) is 14.2. The fraction of sp³-hybridized carbons (Fsp3) is 0.400. The molecule has 3 aromatic rings. The zero-order valence-corrected chi connectivity index (χ0v) is 23.5. The maximum atomic E-state index is 13.0. The topological polar surface area (TPSA) is 89.0 Å². The number of aryl methyl sites for hydroxylation is 1. The first kappa shape index (κ1) is 26.5. The Labute approximate surface area is 214 Å². The fourth-order valence-corrected chi connectivity index (χ4v) is 5.56. The highest BCUT2D eigenvalue weighted by Crippen LogP contribution is 2.31. The molecule has 0 atom stereocenters. The van der Waals surface area contributed by atoms with Crippen molar-refractivity contribution in [3.8, 4) is 0 Å². The summed E-state index contributed by atoms with van der Waals surface area (Å²) < 4.78 is 26.0. The minimum Gasteiger partial charge on any atom is -0.296 e. The molecule has 1 heterocycles. The van der Waals surface area contributed by atoms with E-state index in [1.807, 2.05) is 12.1 Å². The molecule has 0 aliphatic carbocycles. The summed E-state index contributed by atoms with van der Waals surface area (Å²) >= 11 is 4.50. The van der Waals surface area contributed by atoms with Crippen molar-refractivity contribution in [2.24, 2.45) is 0 Å². The van der Waals surface area contributed by atoms with Gasteiger partial charge in [0.25, 0.3) is 5.91 Å². The van der Waals surface area contributed by atoms with Crippen LogP contribution in [0, 0.1) is 0 Å². The maximum Gasteiger partial charge on any atom is 0.257 e. The molecule has 0 spiro atoms. The molecule has 1 amide bonds. The van der Waals surface area contributed by atoms with Crippen LogP contribution in [0.1, 0.15) is 68.0 Å². The Morgan fingerprint density at radius 1 is 0.941 bits per heavy atom. The predicted octanol–water partition coefficient (Wildman–Crippen LogP) is 6.16. The lowest BCUT2D eigenvalue weighted by atomic mass is 9.79. The number of halogens is 1. The molecule has 9 heteroatoms. The summed E-state index contributed by atoms with van der Waals surface area (Å²) in [6, 6.07) is 12.5. The molecule has 0 saturated carbocycles. The van der Waals surface area contributed by atoms with Gasteiger partial charge in [0.15, 0.2) is 9.84 Å². The van der Waals surface area contributed by atoms with Crippen molar-refractivity contribution in [3.05, 3.63) is 68.6 Å². The predicted molar refractivity (Wildman–Crippen MR) is 142 cm³/mol. The van der Waals surface area contributed by atoms with Crippen LogP contribution in [-0.4, -0.2) is 30.3 Å². The number of carbonyl (C=O) groups is 1. The van der Waals surface area contributed by atoms with Gasteiger partial charge < -0.3 is 0 Å². The van der Waals surface area contributed by atoms with Crippen LogP contribution in [-0.2, 0) is 27.1 Å². The summed E-state index contributed by atoms with van der Waals surface area (Å²) in [6.45, 7) is 12.7. The van der Waals surface area contributed by atoms with Gasteiger partial charge in [-0.05, 0) is 58.4 Å². The van der Waals surface area contributed by atoms with Gasteiger partial charge in [-0.3, -0.25) is 10.1 Å². The maximum absolute atomic E-state index is 13.0. The van der Waals surface area contributed by atoms with Gasteiger partial charge in [-0.1, -0.05) is 74.9 Å². The molecule has 0 bridgehead atoms. The molecular formula is C25H30BrN3O3S2. The van der Waals surface area contributed by atoms with Crippen molar-refractivity contribution in [1.29, 1.82) is 0 Å². The lowest BCUT2D eigenvalue weighted by Crippen LogP contribution is -2.20. The van der Waals surface area contributed by atoms with E-state index in [2.05, 4.69) is 79.1 Å². The van der Waals surface area contributed by atoms with E-state index in [1.165, 1.54) is 11.3 Å². The van der Waals surface area contributed by atoms with E-state index in [-0.39, 0.29) is 33.8 Å². The monoisotopic (exact) mass is 563 g/mol. The standard InChI is InChI=1S/C25H30BrN3O3S2/c1-24(2,3)17-13-16(14-18(15-17)25(4,5)6)22(30)27-23-29-28-21(33-23)11-12-34(31,32)20-9-7-19(26)8-10-20/h7-10,13-15H,11-12H2,1-6H3,(H,27,29,30). The van der Waals surface area contributed by atoms with Crippen LogP contribution in [0.15, 0.2) is 51.8 Å². The molecule has 6 nitrogen and oxygen atoms in total. The number of hydrogen-bond acceptors (Lipinski definition) is 6. The largest absolute Gasteiger partial charge is 0.296 e. The van der Waals surface area contributed by atoms with Crippen LogP contribution in [0.4, 0.5) is 5.13 Å². The lowest BCUT2D eigenvalue weighted by molar-refractivity contribution is 0.102. The number of hydrogen-bond donors (Lipinski definition) is 1. The highest BCUT2D eigenvalue weighted by atomic mass is 79.9. The number of rotatable bonds is 6. The molecule has 0 aliphatic rings. The van der Waals surface area contributed by atoms with Crippen LogP contribution in [0.5, 0.6) is 0 Å². The number of benzene rings is 2. The summed E-state index contributed by atoms with van der Waals surface area (Å²) in [4.78, 5) is 13.3. The minimum atomic E-state index is -3.44. The molecule has 0 saturated heterocycles.